The second kappa shape index (κ2) is 6.41. The van der Waals surface area contributed by atoms with Crippen molar-refractivity contribution in [3.8, 4) is 23.0 Å². The van der Waals surface area contributed by atoms with E-state index >= 15 is 0 Å². The number of carbonyl (C=O) groups is 1. The molecule has 3 aromatic heterocycles. The molecule has 124 valence electrons. The van der Waals surface area contributed by atoms with Crippen molar-refractivity contribution in [3.05, 3.63) is 54.1 Å². The number of carboxylic acids is 1. The highest BCUT2D eigenvalue weighted by Gasteiger charge is 2.12. The number of carboxylic acid groups (broad SMARTS) is 1. The molecule has 8 heteroatoms. The Hall–Kier alpha value is -3.73. The van der Waals surface area contributed by atoms with Gasteiger partial charge in [-0.3, -0.25) is 0 Å². The van der Waals surface area contributed by atoms with Gasteiger partial charge >= 0.3 is 5.97 Å². The second-order valence-electron chi connectivity index (χ2n) is 5.48. The van der Waals surface area contributed by atoms with Crippen LogP contribution in [0.3, 0.4) is 0 Å². The van der Waals surface area contributed by atoms with Gasteiger partial charge < -0.3 is 10.0 Å². The minimum Gasteiger partial charge on any atom is -0.478 e. The predicted octanol–water partition coefficient (Wildman–Crippen LogP) is 1.97. The van der Waals surface area contributed by atoms with E-state index in [1.165, 1.54) is 17.1 Å². The topological polar surface area (TPSA) is 108 Å². The number of aromatic nitrogens is 4. The molecule has 8 nitrogen and oxygen atoms in total. The number of aromatic carboxylic acids is 1. The molecular weight excluding hydrogens is 320 g/mol. The summed E-state index contributed by atoms with van der Waals surface area (Å²) in [6.45, 7) is 0. The van der Waals surface area contributed by atoms with Gasteiger partial charge in [-0.25, -0.2) is 19.4 Å². The molecule has 0 aliphatic carbocycles. The van der Waals surface area contributed by atoms with E-state index in [4.69, 9.17) is 5.11 Å². The lowest BCUT2D eigenvalue weighted by atomic mass is 10.0. The molecule has 0 bridgehead atoms. The lowest BCUT2D eigenvalue weighted by Crippen LogP contribution is -2.10. The Kier molecular flexibility index (Phi) is 4.14. The summed E-state index contributed by atoms with van der Waals surface area (Å²) < 4.78 is 1.32. The van der Waals surface area contributed by atoms with Gasteiger partial charge in [0.15, 0.2) is 5.82 Å². The Morgan fingerprint density at radius 2 is 2.04 bits per heavy atom. The highest BCUT2D eigenvalue weighted by Crippen LogP contribution is 2.24. The van der Waals surface area contributed by atoms with E-state index in [1.54, 1.807) is 18.5 Å². The summed E-state index contributed by atoms with van der Waals surface area (Å²) in [5, 5.41) is 22.4. The number of hydrogen-bond acceptors (Lipinski definition) is 6. The molecular formula is C17H14N6O2. The van der Waals surface area contributed by atoms with Crippen molar-refractivity contribution in [1.29, 1.82) is 5.26 Å². The summed E-state index contributed by atoms with van der Waals surface area (Å²) in [5.74, 6) is 0.102. The number of nitrogens with zero attached hydrogens (tertiary/aromatic N) is 6. The van der Waals surface area contributed by atoms with Gasteiger partial charge in [0.05, 0.1) is 23.4 Å². The standard InChI is InChI=1S/C17H14N6O2/c1-22(2)15-4-3-11(7-19-15)14-9-20-16(5-12(14)6-18)23-10-13(8-21-23)17(24)25/h3-5,7-10H,1-2H3,(H,24,25). The van der Waals surface area contributed by atoms with E-state index in [1.807, 2.05) is 31.1 Å². The molecule has 0 aromatic carbocycles. The normalized spacial score (nSPS) is 10.3. The fourth-order valence-electron chi connectivity index (χ4n) is 2.26. The van der Waals surface area contributed by atoms with Crippen molar-refractivity contribution >= 4 is 11.8 Å². The third-order valence-corrected chi connectivity index (χ3v) is 3.59. The van der Waals surface area contributed by atoms with Crippen molar-refractivity contribution in [3.63, 3.8) is 0 Å². The van der Waals surface area contributed by atoms with Crippen molar-refractivity contribution in [2.24, 2.45) is 0 Å². The minimum atomic E-state index is -1.07. The van der Waals surface area contributed by atoms with Crippen LogP contribution in [0.2, 0.25) is 0 Å². The van der Waals surface area contributed by atoms with Gasteiger partial charge in [-0.15, -0.1) is 0 Å². The van der Waals surface area contributed by atoms with Gasteiger partial charge in [0, 0.05) is 49.9 Å². The molecule has 0 aliphatic heterocycles. The molecule has 0 radical (unpaired) electrons. The van der Waals surface area contributed by atoms with Crippen LogP contribution in [0.5, 0.6) is 0 Å². The molecule has 25 heavy (non-hydrogen) atoms. The molecule has 0 spiro atoms. The van der Waals surface area contributed by atoms with E-state index < -0.39 is 5.97 Å². The van der Waals surface area contributed by atoms with Gasteiger partial charge in [0.1, 0.15) is 5.82 Å². The summed E-state index contributed by atoms with van der Waals surface area (Å²) in [6, 6.07) is 7.43. The first-order valence-corrected chi connectivity index (χ1v) is 7.32. The van der Waals surface area contributed by atoms with Crippen LogP contribution >= 0.6 is 0 Å². The molecule has 1 N–H and O–H groups in total. The second-order valence-corrected chi connectivity index (χ2v) is 5.48. The molecule has 3 heterocycles. The maximum absolute atomic E-state index is 10.9. The third kappa shape index (κ3) is 3.16. The van der Waals surface area contributed by atoms with Crippen LogP contribution in [0.4, 0.5) is 5.82 Å². The number of nitriles is 1. The molecule has 0 saturated carbocycles. The lowest BCUT2D eigenvalue weighted by molar-refractivity contribution is 0.0697. The van der Waals surface area contributed by atoms with Crippen LogP contribution in [0, 0.1) is 11.3 Å². The van der Waals surface area contributed by atoms with Gasteiger partial charge in [0.2, 0.25) is 0 Å². The fraction of sp³-hybridized carbons (Fsp3) is 0.118. The Morgan fingerprint density at radius 1 is 1.24 bits per heavy atom. The first-order chi connectivity index (χ1) is 12.0. The maximum Gasteiger partial charge on any atom is 0.338 e. The van der Waals surface area contributed by atoms with E-state index in [9.17, 15) is 10.1 Å². The highest BCUT2D eigenvalue weighted by molar-refractivity contribution is 5.87. The molecule has 0 saturated heterocycles. The Bertz CT molecular complexity index is 970. The third-order valence-electron chi connectivity index (χ3n) is 3.59. The number of anilines is 1. The van der Waals surface area contributed by atoms with Gasteiger partial charge in [-0.2, -0.15) is 10.4 Å². The van der Waals surface area contributed by atoms with Gasteiger partial charge in [0.25, 0.3) is 0 Å². The molecule has 0 aliphatic rings. The molecule has 0 atom stereocenters. The van der Waals surface area contributed by atoms with E-state index in [0.29, 0.717) is 16.9 Å². The first kappa shape index (κ1) is 16.1. The van der Waals surface area contributed by atoms with E-state index in [2.05, 4.69) is 21.1 Å². The van der Waals surface area contributed by atoms with Gasteiger partial charge in [-0.1, -0.05) is 0 Å². The van der Waals surface area contributed by atoms with Crippen LogP contribution in [-0.4, -0.2) is 44.9 Å². The van der Waals surface area contributed by atoms with Gasteiger partial charge in [-0.05, 0) is 12.1 Å². The summed E-state index contributed by atoms with van der Waals surface area (Å²) in [5.41, 5.74) is 1.87. The van der Waals surface area contributed by atoms with Crippen molar-refractivity contribution in [2.45, 2.75) is 0 Å². The van der Waals surface area contributed by atoms with Crippen molar-refractivity contribution in [2.75, 3.05) is 19.0 Å². The minimum absolute atomic E-state index is 0.0489. The molecule has 0 amide bonds. The van der Waals surface area contributed by atoms with E-state index in [0.717, 1.165) is 11.4 Å². The number of hydrogen-bond donors (Lipinski definition) is 1. The zero-order valence-electron chi connectivity index (χ0n) is 13.6. The molecule has 0 fully saturated rings. The summed E-state index contributed by atoms with van der Waals surface area (Å²) >= 11 is 0. The van der Waals surface area contributed by atoms with Crippen LogP contribution in [-0.2, 0) is 0 Å². The summed E-state index contributed by atoms with van der Waals surface area (Å²) in [6.07, 6.45) is 5.82. The van der Waals surface area contributed by atoms with Crippen molar-refractivity contribution < 1.29 is 9.90 Å². The summed E-state index contributed by atoms with van der Waals surface area (Å²) in [7, 11) is 3.79. The predicted molar refractivity (Wildman–Crippen MR) is 90.6 cm³/mol. The Morgan fingerprint density at radius 3 is 2.60 bits per heavy atom. The summed E-state index contributed by atoms with van der Waals surface area (Å²) in [4.78, 5) is 21.5. The molecule has 3 aromatic rings. The average Bonchev–Trinajstić information content (AvgIpc) is 3.11. The number of rotatable bonds is 4. The van der Waals surface area contributed by atoms with E-state index in [-0.39, 0.29) is 5.56 Å². The monoisotopic (exact) mass is 334 g/mol. The highest BCUT2D eigenvalue weighted by atomic mass is 16.4. The Balaban J connectivity index is 1.99. The van der Waals surface area contributed by atoms with Crippen LogP contribution < -0.4 is 4.90 Å². The van der Waals surface area contributed by atoms with Crippen LogP contribution in [0.1, 0.15) is 15.9 Å². The smallest absolute Gasteiger partial charge is 0.338 e. The molecule has 0 unspecified atom stereocenters. The average molecular weight is 334 g/mol. The Labute approximate surface area is 143 Å². The van der Waals surface area contributed by atoms with Crippen LogP contribution in [0.25, 0.3) is 16.9 Å². The zero-order valence-corrected chi connectivity index (χ0v) is 13.6. The molecule has 3 rings (SSSR count). The fourth-order valence-corrected chi connectivity index (χ4v) is 2.26. The van der Waals surface area contributed by atoms with Crippen molar-refractivity contribution in [1.82, 2.24) is 19.7 Å². The maximum atomic E-state index is 10.9. The SMILES string of the molecule is CN(C)c1ccc(-c2cnc(-n3cc(C(=O)O)cn3)cc2C#N)cn1. The lowest BCUT2D eigenvalue weighted by Gasteiger charge is -2.12. The quantitative estimate of drug-likeness (QED) is 0.777. The van der Waals surface area contributed by atoms with Crippen LogP contribution in [0.15, 0.2) is 43.0 Å². The first-order valence-electron chi connectivity index (χ1n) is 7.32. The zero-order chi connectivity index (χ0) is 18.0. The number of pyridine rings is 2. The largest absolute Gasteiger partial charge is 0.478 e.